The van der Waals surface area contributed by atoms with Gasteiger partial charge in [0, 0.05) is 37.1 Å². The molecule has 3 rings (SSSR count). The van der Waals surface area contributed by atoms with Gasteiger partial charge in [-0.15, -0.1) is 0 Å². The summed E-state index contributed by atoms with van der Waals surface area (Å²) in [7, 11) is 0. The predicted molar refractivity (Wildman–Crippen MR) is 95.6 cm³/mol. The third-order valence-corrected chi connectivity index (χ3v) is 4.41. The van der Waals surface area contributed by atoms with Gasteiger partial charge in [-0.3, -0.25) is 9.59 Å². The second kappa shape index (κ2) is 7.46. The van der Waals surface area contributed by atoms with Crippen molar-refractivity contribution in [1.82, 2.24) is 20.3 Å². The zero-order chi connectivity index (χ0) is 17.8. The van der Waals surface area contributed by atoms with Gasteiger partial charge in [-0.05, 0) is 38.3 Å². The third kappa shape index (κ3) is 4.23. The highest BCUT2D eigenvalue weighted by Crippen LogP contribution is 2.17. The second-order valence-electron chi connectivity index (χ2n) is 6.39. The molecule has 1 fully saturated rings. The number of aromatic nitrogens is 3. The van der Waals surface area contributed by atoms with Crippen LogP contribution in [0.2, 0.25) is 0 Å². The number of hydrogen-bond donors (Lipinski definition) is 2. The monoisotopic (exact) mass is 341 g/mol. The van der Waals surface area contributed by atoms with E-state index in [4.69, 9.17) is 0 Å². The van der Waals surface area contributed by atoms with Crippen molar-refractivity contribution in [3.63, 3.8) is 0 Å². The van der Waals surface area contributed by atoms with Crippen LogP contribution in [0.5, 0.6) is 0 Å². The summed E-state index contributed by atoms with van der Waals surface area (Å²) in [6.07, 6.45) is 4.24. The molecule has 1 aliphatic heterocycles. The number of rotatable bonds is 5. The fourth-order valence-corrected chi connectivity index (χ4v) is 3.04. The molecule has 0 aromatic carbocycles. The molecule has 1 amide bonds. The van der Waals surface area contributed by atoms with Crippen LogP contribution in [0.15, 0.2) is 23.1 Å². The van der Waals surface area contributed by atoms with E-state index in [0.29, 0.717) is 23.6 Å². The molecular formula is C18H23N5O2. The van der Waals surface area contributed by atoms with Gasteiger partial charge in [-0.2, -0.15) is 0 Å². The van der Waals surface area contributed by atoms with Crippen molar-refractivity contribution in [2.45, 2.75) is 39.7 Å². The molecule has 0 bridgehead atoms. The molecule has 132 valence electrons. The minimum absolute atomic E-state index is 0.0216. The summed E-state index contributed by atoms with van der Waals surface area (Å²) in [5.74, 6) is 1.33. The molecule has 3 heterocycles. The Bertz CT molecular complexity index is 807. The second-order valence-corrected chi connectivity index (χ2v) is 6.39. The number of aromatic amines is 1. The normalized spacial score (nSPS) is 13.9. The van der Waals surface area contributed by atoms with Crippen LogP contribution in [0.4, 0.5) is 5.82 Å². The van der Waals surface area contributed by atoms with E-state index < -0.39 is 0 Å². The zero-order valence-corrected chi connectivity index (χ0v) is 14.6. The fraction of sp³-hybridized carbons (Fsp3) is 0.444. The summed E-state index contributed by atoms with van der Waals surface area (Å²) in [6, 6.07) is 3.97. The Balaban J connectivity index is 1.56. The first-order chi connectivity index (χ1) is 12.0. The largest absolute Gasteiger partial charge is 0.357 e. The number of carbonyl (C=O) groups excluding carboxylic acids is 1. The van der Waals surface area contributed by atoms with Gasteiger partial charge in [-0.1, -0.05) is 6.07 Å². The number of nitrogens with one attached hydrogen (secondary N) is 2. The van der Waals surface area contributed by atoms with E-state index in [1.54, 1.807) is 20.0 Å². The van der Waals surface area contributed by atoms with E-state index in [1.165, 1.54) is 12.8 Å². The van der Waals surface area contributed by atoms with E-state index in [-0.39, 0.29) is 17.9 Å². The molecule has 7 nitrogen and oxygen atoms in total. The molecule has 0 radical (unpaired) electrons. The molecule has 2 aromatic rings. The van der Waals surface area contributed by atoms with E-state index in [9.17, 15) is 9.59 Å². The summed E-state index contributed by atoms with van der Waals surface area (Å²) in [5, 5.41) is 2.83. The Hall–Kier alpha value is -2.70. The first kappa shape index (κ1) is 17.1. The number of nitrogens with zero attached hydrogens (tertiary/aromatic N) is 3. The summed E-state index contributed by atoms with van der Waals surface area (Å²) in [6.45, 7) is 5.97. The molecule has 2 N–H and O–H groups in total. The van der Waals surface area contributed by atoms with Gasteiger partial charge in [0.05, 0.1) is 6.42 Å². The molecule has 0 unspecified atom stereocenters. The number of pyridine rings is 1. The molecule has 1 aliphatic rings. The minimum Gasteiger partial charge on any atom is -0.357 e. The first-order valence-corrected chi connectivity index (χ1v) is 8.56. The highest BCUT2D eigenvalue weighted by molar-refractivity contribution is 5.78. The maximum atomic E-state index is 12.1. The molecule has 0 atom stereocenters. The Kier molecular flexibility index (Phi) is 5.11. The van der Waals surface area contributed by atoms with Crippen LogP contribution in [0, 0.1) is 13.8 Å². The lowest BCUT2D eigenvalue weighted by Crippen LogP contribution is -2.29. The molecule has 1 saturated heterocycles. The zero-order valence-electron chi connectivity index (χ0n) is 14.6. The lowest BCUT2D eigenvalue weighted by Gasteiger charge is -2.16. The lowest BCUT2D eigenvalue weighted by molar-refractivity contribution is -0.120. The minimum atomic E-state index is -0.253. The highest BCUT2D eigenvalue weighted by atomic mass is 16.2. The van der Waals surface area contributed by atoms with Crippen LogP contribution in [0.1, 0.15) is 35.5 Å². The molecule has 2 aromatic heterocycles. The molecule has 0 spiro atoms. The van der Waals surface area contributed by atoms with Gasteiger partial charge >= 0.3 is 0 Å². The van der Waals surface area contributed by atoms with Crippen molar-refractivity contribution < 1.29 is 4.79 Å². The van der Waals surface area contributed by atoms with Crippen molar-refractivity contribution >= 4 is 11.7 Å². The van der Waals surface area contributed by atoms with Gasteiger partial charge < -0.3 is 15.2 Å². The van der Waals surface area contributed by atoms with Crippen LogP contribution in [0.3, 0.4) is 0 Å². The molecule has 0 aliphatic carbocycles. The maximum absolute atomic E-state index is 12.1. The SMILES string of the molecule is Cc1nc(C)c(CC(=O)NCc2ccc(N3CCCC3)nc2)c(=O)[nH]1. The van der Waals surface area contributed by atoms with E-state index in [2.05, 4.69) is 25.2 Å². The summed E-state index contributed by atoms with van der Waals surface area (Å²) >= 11 is 0. The van der Waals surface area contributed by atoms with Gasteiger partial charge in [0.1, 0.15) is 11.6 Å². The summed E-state index contributed by atoms with van der Waals surface area (Å²) < 4.78 is 0. The van der Waals surface area contributed by atoms with Crippen LogP contribution in [-0.2, 0) is 17.8 Å². The highest BCUT2D eigenvalue weighted by Gasteiger charge is 2.14. The number of aryl methyl sites for hydroxylation is 2. The Morgan fingerprint density at radius 1 is 1.28 bits per heavy atom. The average molecular weight is 341 g/mol. The standard InChI is InChI=1S/C18H23N5O2/c1-12-15(18(25)22-13(2)21-12)9-17(24)20-11-14-5-6-16(19-10-14)23-7-3-4-8-23/h5-6,10H,3-4,7-9,11H2,1-2H3,(H,20,24)(H,21,22,25). The topological polar surface area (TPSA) is 91.0 Å². The molecule has 7 heteroatoms. The Morgan fingerprint density at radius 2 is 2.04 bits per heavy atom. The summed E-state index contributed by atoms with van der Waals surface area (Å²) in [5.41, 5.74) is 1.68. The smallest absolute Gasteiger partial charge is 0.254 e. The number of anilines is 1. The van der Waals surface area contributed by atoms with Gasteiger partial charge in [0.25, 0.3) is 5.56 Å². The fourth-order valence-electron chi connectivity index (χ4n) is 3.04. The average Bonchev–Trinajstić information content (AvgIpc) is 3.11. The van der Waals surface area contributed by atoms with Crippen LogP contribution in [0.25, 0.3) is 0 Å². The Labute approximate surface area is 146 Å². The van der Waals surface area contributed by atoms with Crippen molar-refractivity contribution in [2.24, 2.45) is 0 Å². The van der Waals surface area contributed by atoms with Crippen molar-refractivity contribution in [2.75, 3.05) is 18.0 Å². The molecule has 25 heavy (non-hydrogen) atoms. The van der Waals surface area contributed by atoms with Crippen LogP contribution in [-0.4, -0.2) is 33.9 Å². The number of carbonyl (C=O) groups is 1. The summed E-state index contributed by atoms with van der Waals surface area (Å²) in [4.78, 5) is 37.6. The lowest BCUT2D eigenvalue weighted by atomic mass is 10.1. The van der Waals surface area contributed by atoms with Crippen molar-refractivity contribution in [3.8, 4) is 0 Å². The quantitative estimate of drug-likeness (QED) is 0.854. The van der Waals surface area contributed by atoms with Crippen molar-refractivity contribution in [3.05, 3.63) is 51.3 Å². The third-order valence-electron chi connectivity index (χ3n) is 4.41. The number of H-pyrrole nitrogens is 1. The van der Waals surface area contributed by atoms with E-state index in [1.807, 2.05) is 12.1 Å². The molecular weight excluding hydrogens is 318 g/mol. The van der Waals surface area contributed by atoms with Gasteiger partial charge in [0.2, 0.25) is 5.91 Å². The van der Waals surface area contributed by atoms with Gasteiger partial charge in [0.15, 0.2) is 0 Å². The number of amides is 1. The van der Waals surface area contributed by atoms with E-state index >= 15 is 0 Å². The Morgan fingerprint density at radius 3 is 2.68 bits per heavy atom. The molecule has 0 saturated carbocycles. The maximum Gasteiger partial charge on any atom is 0.254 e. The predicted octanol–water partition coefficient (Wildman–Crippen LogP) is 1.24. The van der Waals surface area contributed by atoms with Crippen molar-refractivity contribution in [1.29, 1.82) is 0 Å². The van der Waals surface area contributed by atoms with Gasteiger partial charge in [-0.25, -0.2) is 9.97 Å². The van der Waals surface area contributed by atoms with E-state index in [0.717, 1.165) is 24.5 Å². The number of hydrogen-bond acceptors (Lipinski definition) is 5. The first-order valence-electron chi connectivity index (χ1n) is 8.56. The van der Waals surface area contributed by atoms with Crippen LogP contribution >= 0.6 is 0 Å². The van der Waals surface area contributed by atoms with Crippen LogP contribution < -0.4 is 15.8 Å².